The molecule has 0 radical (unpaired) electrons. The molecule has 1 aliphatic heterocycles. The molecule has 2 rings (SSSR count). The number of amides is 1. The highest BCUT2D eigenvalue weighted by atomic mass is 35.5. The van der Waals surface area contributed by atoms with E-state index < -0.39 is 0 Å². The number of morpholine rings is 1. The molecule has 1 aliphatic rings. The molecule has 1 fully saturated rings. The Morgan fingerprint density at radius 2 is 1.94 bits per heavy atom. The van der Waals surface area contributed by atoms with Crippen LogP contribution in [-0.2, 0) is 11.8 Å². The van der Waals surface area contributed by atoms with Crippen LogP contribution in [0.15, 0.2) is 0 Å². The average Bonchev–Trinajstić information content (AvgIpc) is 2.51. The summed E-state index contributed by atoms with van der Waals surface area (Å²) in [6, 6.07) is 0. The topological polar surface area (TPSA) is 47.4 Å². The van der Waals surface area contributed by atoms with Crippen LogP contribution in [0.5, 0.6) is 0 Å². The number of aryl methyl sites for hydroxylation is 2. The summed E-state index contributed by atoms with van der Waals surface area (Å²) in [6.07, 6.45) is 0.0941. The van der Waals surface area contributed by atoms with Gasteiger partial charge in [0.2, 0.25) is 0 Å². The van der Waals surface area contributed by atoms with Crippen LogP contribution in [0.2, 0.25) is 5.02 Å². The van der Waals surface area contributed by atoms with Crippen LogP contribution in [-0.4, -0.2) is 45.9 Å². The minimum absolute atomic E-state index is 0.0470. The van der Waals surface area contributed by atoms with E-state index >= 15 is 0 Å². The Labute approximate surface area is 112 Å². The van der Waals surface area contributed by atoms with Crippen molar-refractivity contribution < 1.29 is 9.53 Å². The summed E-state index contributed by atoms with van der Waals surface area (Å²) in [4.78, 5) is 14.2. The number of carbonyl (C=O) groups is 1. The number of carbonyl (C=O) groups excluding carboxylic acids is 1. The number of ether oxygens (including phenoxy) is 1. The van der Waals surface area contributed by atoms with E-state index in [0.29, 0.717) is 29.5 Å². The maximum atomic E-state index is 12.5. The summed E-state index contributed by atoms with van der Waals surface area (Å²) in [6.45, 7) is 6.90. The van der Waals surface area contributed by atoms with Gasteiger partial charge in [0.15, 0.2) is 0 Å². The molecule has 2 atom stereocenters. The molecular weight excluding hydrogens is 254 g/mol. The van der Waals surface area contributed by atoms with Crippen molar-refractivity contribution in [2.45, 2.75) is 33.0 Å². The van der Waals surface area contributed by atoms with Crippen molar-refractivity contribution in [2.75, 3.05) is 13.1 Å². The third-order valence-corrected chi connectivity index (χ3v) is 3.51. The van der Waals surface area contributed by atoms with Gasteiger partial charge in [-0.15, -0.1) is 0 Å². The van der Waals surface area contributed by atoms with Gasteiger partial charge in [0.25, 0.3) is 5.91 Å². The molecule has 100 valence electrons. The summed E-state index contributed by atoms with van der Waals surface area (Å²) < 4.78 is 7.17. The Kier molecular flexibility index (Phi) is 3.64. The number of hydrogen-bond donors (Lipinski definition) is 0. The minimum Gasteiger partial charge on any atom is -0.372 e. The normalized spacial score (nSPS) is 24.4. The van der Waals surface area contributed by atoms with Gasteiger partial charge in [-0.1, -0.05) is 11.6 Å². The number of halogens is 1. The van der Waals surface area contributed by atoms with E-state index in [0.717, 1.165) is 0 Å². The molecule has 1 saturated heterocycles. The Bertz CT molecular complexity index is 462. The molecule has 0 N–H and O–H groups in total. The second-order valence-corrected chi connectivity index (χ2v) is 5.22. The Morgan fingerprint density at radius 3 is 2.39 bits per heavy atom. The van der Waals surface area contributed by atoms with Crippen molar-refractivity contribution >= 4 is 17.5 Å². The van der Waals surface area contributed by atoms with E-state index in [2.05, 4.69) is 5.10 Å². The van der Waals surface area contributed by atoms with Crippen LogP contribution in [0.3, 0.4) is 0 Å². The Morgan fingerprint density at radius 1 is 1.39 bits per heavy atom. The minimum atomic E-state index is -0.0786. The van der Waals surface area contributed by atoms with E-state index in [-0.39, 0.29) is 18.1 Å². The van der Waals surface area contributed by atoms with Crippen molar-refractivity contribution in [3.05, 3.63) is 16.4 Å². The smallest absolute Gasteiger partial charge is 0.273 e. The second kappa shape index (κ2) is 4.90. The molecular formula is C12H18ClN3O2. The van der Waals surface area contributed by atoms with Crippen molar-refractivity contribution in [1.82, 2.24) is 14.7 Å². The average molecular weight is 272 g/mol. The van der Waals surface area contributed by atoms with Crippen LogP contribution in [0, 0.1) is 6.92 Å². The van der Waals surface area contributed by atoms with Crippen molar-refractivity contribution in [3.63, 3.8) is 0 Å². The maximum Gasteiger partial charge on any atom is 0.273 e. The molecule has 2 heterocycles. The van der Waals surface area contributed by atoms with Gasteiger partial charge in [0.1, 0.15) is 5.69 Å². The molecule has 0 aromatic carbocycles. The van der Waals surface area contributed by atoms with Crippen LogP contribution in [0.4, 0.5) is 0 Å². The molecule has 1 amide bonds. The quantitative estimate of drug-likeness (QED) is 0.780. The van der Waals surface area contributed by atoms with E-state index in [1.807, 2.05) is 13.8 Å². The van der Waals surface area contributed by atoms with Crippen molar-refractivity contribution in [3.8, 4) is 0 Å². The molecule has 18 heavy (non-hydrogen) atoms. The number of nitrogens with zero attached hydrogens (tertiary/aromatic N) is 3. The summed E-state index contributed by atoms with van der Waals surface area (Å²) in [5.41, 5.74) is 1.13. The molecule has 0 spiro atoms. The highest BCUT2D eigenvalue weighted by molar-refractivity contribution is 6.34. The Balaban J connectivity index is 2.25. The Hall–Kier alpha value is -1.07. The number of aromatic nitrogens is 2. The van der Waals surface area contributed by atoms with Gasteiger partial charge in [0.05, 0.1) is 22.9 Å². The predicted molar refractivity (Wildman–Crippen MR) is 68.9 cm³/mol. The monoisotopic (exact) mass is 271 g/mol. The first-order valence-corrected chi connectivity index (χ1v) is 6.41. The van der Waals surface area contributed by atoms with Gasteiger partial charge in [-0.05, 0) is 20.8 Å². The zero-order chi connectivity index (χ0) is 13.4. The van der Waals surface area contributed by atoms with E-state index in [1.54, 1.807) is 23.6 Å². The zero-order valence-corrected chi connectivity index (χ0v) is 11.9. The lowest BCUT2D eigenvalue weighted by molar-refractivity contribution is -0.0588. The van der Waals surface area contributed by atoms with E-state index in [4.69, 9.17) is 16.3 Å². The first-order chi connectivity index (χ1) is 8.40. The standard InChI is InChI=1S/C12H18ClN3O2/c1-7-5-16(6-8(2)18-7)12(17)11-10(13)9(3)14-15(11)4/h7-8H,5-6H2,1-4H3/t7-,8-/m0/s1. The van der Waals surface area contributed by atoms with Gasteiger partial charge >= 0.3 is 0 Å². The fraction of sp³-hybridized carbons (Fsp3) is 0.667. The molecule has 0 aliphatic carbocycles. The van der Waals surface area contributed by atoms with Gasteiger partial charge in [-0.3, -0.25) is 9.48 Å². The summed E-state index contributed by atoms with van der Waals surface area (Å²) >= 11 is 6.14. The third-order valence-electron chi connectivity index (χ3n) is 3.06. The van der Waals surface area contributed by atoms with Crippen molar-refractivity contribution in [1.29, 1.82) is 0 Å². The third kappa shape index (κ3) is 2.37. The summed E-state index contributed by atoms with van der Waals surface area (Å²) in [7, 11) is 1.74. The van der Waals surface area contributed by atoms with Crippen molar-refractivity contribution in [2.24, 2.45) is 7.05 Å². The van der Waals surface area contributed by atoms with Crippen LogP contribution in [0.1, 0.15) is 30.0 Å². The lowest BCUT2D eigenvalue weighted by Crippen LogP contribution is -2.48. The predicted octanol–water partition coefficient (Wildman–Crippen LogP) is 1.63. The highest BCUT2D eigenvalue weighted by Crippen LogP contribution is 2.22. The van der Waals surface area contributed by atoms with Crippen LogP contribution < -0.4 is 0 Å². The largest absolute Gasteiger partial charge is 0.372 e. The van der Waals surface area contributed by atoms with Crippen LogP contribution >= 0.6 is 11.6 Å². The highest BCUT2D eigenvalue weighted by Gasteiger charge is 2.30. The molecule has 1 aromatic rings. The first kappa shape index (κ1) is 13.4. The second-order valence-electron chi connectivity index (χ2n) is 4.84. The van der Waals surface area contributed by atoms with E-state index in [1.165, 1.54) is 0 Å². The maximum absolute atomic E-state index is 12.5. The number of rotatable bonds is 1. The first-order valence-electron chi connectivity index (χ1n) is 6.04. The zero-order valence-electron chi connectivity index (χ0n) is 11.1. The molecule has 6 heteroatoms. The lowest BCUT2D eigenvalue weighted by Gasteiger charge is -2.35. The fourth-order valence-corrected chi connectivity index (χ4v) is 2.60. The molecule has 0 bridgehead atoms. The molecule has 0 unspecified atom stereocenters. The van der Waals surface area contributed by atoms with E-state index in [9.17, 15) is 4.79 Å². The molecule has 5 nitrogen and oxygen atoms in total. The molecule has 1 aromatic heterocycles. The van der Waals surface area contributed by atoms with Crippen LogP contribution in [0.25, 0.3) is 0 Å². The van der Waals surface area contributed by atoms with Gasteiger partial charge < -0.3 is 9.64 Å². The van der Waals surface area contributed by atoms with Gasteiger partial charge in [-0.25, -0.2) is 0 Å². The number of hydrogen-bond acceptors (Lipinski definition) is 3. The fourth-order valence-electron chi connectivity index (χ4n) is 2.36. The van der Waals surface area contributed by atoms with Gasteiger partial charge in [-0.2, -0.15) is 5.10 Å². The lowest BCUT2D eigenvalue weighted by atomic mass is 10.2. The summed E-state index contributed by atoms with van der Waals surface area (Å²) in [5.74, 6) is -0.0786. The van der Waals surface area contributed by atoms with Gasteiger partial charge in [0, 0.05) is 20.1 Å². The summed E-state index contributed by atoms with van der Waals surface area (Å²) in [5, 5.41) is 4.61. The molecule has 0 saturated carbocycles. The SMILES string of the molecule is Cc1nn(C)c(C(=O)N2C[C@H](C)O[C@@H](C)C2)c1Cl.